The average molecular weight is 168 g/mol. The molecular formula is C11H20O. The van der Waals surface area contributed by atoms with Crippen molar-refractivity contribution in [1.29, 1.82) is 0 Å². The standard InChI is InChI=1S/C11H20O/c1-2-3-4-5-6-7-8-9-10-11-12/h4-5,10-12H,2-3,6-9H2,1H3/b5-4+,11-10+. The van der Waals surface area contributed by atoms with Crippen LogP contribution in [0, 0.1) is 0 Å². The summed E-state index contributed by atoms with van der Waals surface area (Å²) in [5.74, 6) is 0. The van der Waals surface area contributed by atoms with Crippen LogP contribution in [0.3, 0.4) is 0 Å². The monoisotopic (exact) mass is 168 g/mol. The van der Waals surface area contributed by atoms with Gasteiger partial charge in [-0.15, -0.1) is 0 Å². The minimum Gasteiger partial charge on any atom is -0.516 e. The molecule has 0 fully saturated rings. The second-order valence-corrected chi connectivity index (χ2v) is 2.93. The Labute approximate surface area is 75.8 Å². The van der Waals surface area contributed by atoms with Crippen LogP contribution in [0.15, 0.2) is 24.5 Å². The van der Waals surface area contributed by atoms with E-state index < -0.39 is 0 Å². The number of unbranched alkanes of at least 4 members (excludes halogenated alkanes) is 4. The molecule has 0 saturated carbocycles. The predicted molar refractivity (Wildman–Crippen MR) is 54.3 cm³/mol. The molecule has 0 aromatic carbocycles. The molecular weight excluding hydrogens is 148 g/mol. The molecule has 0 aliphatic heterocycles. The highest BCUT2D eigenvalue weighted by atomic mass is 16.2. The third-order valence-corrected chi connectivity index (χ3v) is 1.72. The molecule has 70 valence electrons. The number of hydrogen-bond donors (Lipinski definition) is 1. The van der Waals surface area contributed by atoms with Gasteiger partial charge in [-0.25, -0.2) is 0 Å². The van der Waals surface area contributed by atoms with E-state index in [4.69, 9.17) is 5.11 Å². The maximum Gasteiger partial charge on any atom is 0.0751 e. The first-order chi connectivity index (χ1) is 5.91. The summed E-state index contributed by atoms with van der Waals surface area (Å²) in [6.07, 6.45) is 14.5. The molecule has 1 N–H and O–H groups in total. The highest BCUT2D eigenvalue weighted by Gasteiger charge is 1.82. The molecule has 0 saturated heterocycles. The lowest BCUT2D eigenvalue weighted by atomic mass is 10.2. The van der Waals surface area contributed by atoms with Crippen molar-refractivity contribution in [3.63, 3.8) is 0 Å². The van der Waals surface area contributed by atoms with Gasteiger partial charge in [-0.2, -0.15) is 0 Å². The molecule has 12 heavy (non-hydrogen) atoms. The van der Waals surface area contributed by atoms with Crippen LogP contribution in [0.1, 0.15) is 45.4 Å². The highest BCUT2D eigenvalue weighted by Crippen LogP contribution is 2.02. The number of hydrogen-bond acceptors (Lipinski definition) is 1. The van der Waals surface area contributed by atoms with Crippen LogP contribution >= 0.6 is 0 Å². The number of allylic oxidation sites excluding steroid dienone is 3. The first-order valence-corrected chi connectivity index (χ1v) is 4.86. The first kappa shape index (κ1) is 11.3. The number of rotatable bonds is 7. The lowest BCUT2D eigenvalue weighted by molar-refractivity contribution is 0.470. The van der Waals surface area contributed by atoms with Crippen LogP contribution in [-0.4, -0.2) is 5.11 Å². The Balaban J connectivity index is 2.99. The molecule has 0 amide bonds. The lowest BCUT2D eigenvalue weighted by Gasteiger charge is -1.91. The molecule has 0 aromatic heterocycles. The maximum absolute atomic E-state index is 8.34. The molecule has 0 aliphatic rings. The fourth-order valence-corrected chi connectivity index (χ4v) is 1.00. The minimum atomic E-state index is 0.998. The van der Waals surface area contributed by atoms with Crippen molar-refractivity contribution >= 4 is 0 Å². The van der Waals surface area contributed by atoms with Crippen molar-refractivity contribution in [1.82, 2.24) is 0 Å². The van der Waals surface area contributed by atoms with Gasteiger partial charge < -0.3 is 5.11 Å². The molecule has 0 aliphatic carbocycles. The summed E-state index contributed by atoms with van der Waals surface area (Å²) in [6, 6.07) is 0. The van der Waals surface area contributed by atoms with E-state index in [1.165, 1.54) is 32.1 Å². The van der Waals surface area contributed by atoms with E-state index in [-0.39, 0.29) is 0 Å². The van der Waals surface area contributed by atoms with E-state index >= 15 is 0 Å². The molecule has 0 unspecified atom stereocenters. The molecule has 0 radical (unpaired) electrons. The van der Waals surface area contributed by atoms with E-state index in [1.807, 2.05) is 0 Å². The smallest absolute Gasteiger partial charge is 0.0751 e. The van der Waals surface area contributed by atoms with Gasteiger partial charge >= 0.3 is 0 Å². The molecule has 0 bridgehead atoms. The van der Waals surface area contributed by atoms with Gasteiger partial charge in [0.15, 0.2) is 0 Å². The minimum absolute atomic E-state index is 0.998. The quantitative estimate of drug-likeness (QED) is 0.346. The van der Waals surface area contributed by atoms with Crippen molar-refractivity contribution < 1.29 is 5.11 Å². The summed E-state index contributed by atoms with van der Waals surface area (Å²) < 4.78 is 0. The fourth-order valence-electron chi connectivity index (χ4n) is 1.00. The zero-order valence-corrected chi connectivity index (χ0v) is 8.00. The van der Waals surface area contributed by atoms with E-state index in [0.717, 1.165) is 12.7 Å². The SMILES string of the molecule is CCC/C=C/CCCC/C=C/O. The summed E-state index contributed by atoms with van der Waals surface area (Å²) in [5.41, 5.74) is 0. The topological polar surface area (TPSA) is 20.2 Å². The van der Waals surface area contributed by atoms with E-state index in [2.05, 4.69) is 19.1 Å². The van der Waals surface area contributed by atoms with E-state index in [0.29, 0.717) is 0 Å². The highest BCUT2D eigenvalue weighted by molar-refractivity contribution is 4.81. The zero-order valence-electron chi connectivity index (χ0n) is 8.00. The molecule has 0 spiro atoms. The van der Waals surface area contributed by atoms with Crippen LogP contribution < -0.4 is 0 Å². The lowest BCUT2D eigenvalue weighted by Crippen LogP contribution is -1.72. The van der Waals surface area contributed by atoms with Crippen molar-refractivity contribution in [3.8, 4) is 0 Å². The number of aliphatic hydroxyl groups is 1. The summed E-state index contributed by atoms with van der Waals surface area (Å²) in [4.78, 5) is 0. The Bertz CT molecular complexity index is 125. The Morgan fingerprint density at radius 1 is 0.917 bits per heavy atom. The van der Waals surface area contributed by atoms with Crippen LogP contribution in [0.4, 0.5) is 0 Å². The largest absolute Gasteiger partial charge is 0.516 e. The first-order valence-electron chi connectivity index (χ1n) is 4.86. The van der Waals surface area contributed by atoms with Crippen LogP contribution in [-0.2, 0) is 0 Å². The molecule has 0 heterocycles. The Morgan fingerprint density at radius 3 is 2.08 bits per heavy atom. The van der Waals surface area contributed by atoms with Crippen LogP contribution in [0.2, 0.25) is 0 Å². The zero-order chi connectivity index (χ0) is 9.07. The van der Waals surface area contributed by atoms with E-state index in [1.54, 1.807) is 6.08 Å². The average Bonchev–Trinajstić information content (AvgIpc) is 2.10. The van der Waals surface area contributed by atoms with Crippen molar-refractivity contribution in [2.75, 3.05) is 0 Å². The Morgan fingerprint density at radius 2 is 1.50 bits per heavy atom. The van der Waals surface area contributed by atoms with Gasteiger partial charge in [0.2, 0.25) is 0 Å². The summed E-state index contributed by atoms with van der Waals surface area (Å²) in [7, 11) is 0. The maximum atomic E-state index is 8.34. The molecule has 1 heteroatoms. The van der Waals surface area contributed by atoms with Crippen molar-refractivity contribution in [3.05, 3.63) is 24.5 Å². The van der Waals surface area contributed by atoms with Crippen LogP contribution in [0.25, 0.3) is 0 Å². The van der Waals surface area contributed by atoms with Crippen LogP contribution in [0.5, 0.6) is 0 Å². The molecule has 1 nitrogen and oxygen atoms in total. The van der Waals surface area contributed by atoms with Gasteiger partial charge in [0.25, 0.3) is 0 Å². The van der Waals surface area contributed by atoms with Gasteiger partial charge in [-0.1, -0.05) is 31.6 Å². The summed E-state index contributed by atoms with van der Waals surface area (Å²) in [6.45, 7) is 2.19. The Kier molecular flexibility index (Phi) is 9.66. The van der Waals surface area contributed by atoms with Gasteiger partial charge in [-0.05, 0) is 32.1 Å². The third kappa shape index (κ3) is 9.28. The van der Waals surface area contributed by atoms with Gasteiger partial charge in [0, 0.05) is 0 Å². The second-order valence-electron chi connectivity index (χ2n) is 2.93. The van der Waals surface area contributed by atoms with Gasteiger partial charge in [0.05, 0.1) is 6.26 Å². The fraction of sp³-hybridized carbons (Fsp3) is 0.636. The molecule has 0 atom stereocenters. The van der Waals surface area contributed by atoms with Crippen molar-refractivity contribution in [2.45, 2.75) is 45.4 Å². The van der Waals surface area contributed by atoms with Gasteiger partial charge in [-0.3, -0.25) is 0 Å². The van der Waals surface area contributed by atoms with Gasteiger partial charge in [0.1, 0.15) is 0 Å². The third-order valence-electron chi connectivity index (χ3n) is 1.72. The van der Waals surface area contributed by atoms with E-state index in [9.17, 15) is 0 Å². The van der Waals surface area contributed by atoms with Crippen molar-refractivity contribution in [2.24, 2.45) is 0 Å². The molecule has 0 rings (SSSR count). The molecule has 0 aromatic rings. The number of aliphatic hydroxyl groups excluding tert-OH is 1. The summed E-state index contributed by atoms with van der Waals surface area (Å²) in [5, 5.41) is 8.34. The summed E-state index contributed by atoms with van der Waals surface area (Å²) >= 11 is 0. The normalized spacial score (nSPS) is 11.8. The predicted octanol–water partition coefficient (Wildman–Crippen LogP) is 3.97. The second kappa shape index (κ2) is 10.3. The Hall–Kier alpha value is -0.720.